The number of allylic oxidation sites excluding steroid dienone is 2. The molecule has 0 N–H and O–H groups in total. The maximum absolute atomic E-state index is 4.96. The van der Waals surface area contributed by atoms with Gasteiger partial charge in [-0.25, -0.2) is 0 Å². The number of benzene rings is 2. The van der Waals surface area contributed by atoms with Crippen LogP contribution in [0.25, 0.3) is 10.6 Å². The maximum atomic E-state index is 4.96. The first kappa shape index (κ1) is 61.8. The van der Waals surface area contributed by atoms with Crippen LogP contribution in [0.4, 0.5) is 11.4 Å². The first-order valence-electron chi connectivity index (χ1n) is 14.9. The third-order valence-corrected chi connectivity index (χ3v) is 7.28. The van der Waals surface area contributed by atoms with E-state index in [0.29, 0.717) is 23.7 Å². The smallest absolute Gasteiger partial charge is 0.656 e. The van der Waals surface area contributed by atoms with E-state index >= 15 is 0 Å². The fraction of sp³-hybridized carbons (Fsp3) is 0.429. The van der Waals surface area contributed by atoms with E-state index in [1.807, 2.05) is 13.8 Å². The van der Waals surface area contributed by atoms with Crippen LogP contribution in [0.15, 0.2) is 70.9 Å². The molecule has 4 nitrogen and oxygen atoms in total. The van der Waals surface area contributed by atoms with E-state index in [9.17, 15) is 0 Å². The number of unbranched alkanes of at least 4 members (excludes halogenated alkanes) is 1. The van der Waals surface area contributed by atoms with Crippen molar-refractivity contribution in [3.63, 3.8) is 0 Å². The van der Waals surface area contributed by atoms with Gasteiger partial charge in [0.25, 0.3) is 0 Å². The minimum atomic E-state index is 0. The van der Waals surface area contributed by atoms with Crippen molar-refractivity contribution in [2.24, 2.45) is 9.98 Å². The molecular formula is C42H70HfN4Zr. The zero-order valence-electron chi connectivity index (χ0n) is 33.8. The van der Waals surface area contributed by atoms with Gasteiger partial charge in [0, 0.05) is 24.5 Å². The Balaban J connectivity index is -0.000000420. The van der Waals surface area contributed by atoms with Crippen LogP contribution in [0.3, 0.4) is 0 Å². The van der Waals surface area contributed by atoms with Crippen LogP contribution in [0, 0.1) is 44.6 Å². The van der Waals surface area contributed by atoms with E-state index in [1.54, 1.807) is 0 Å². The van der Waals surface area contributed by atoms with E-state index < -0.39 is 0 Å². The van der Waals surface area contributed by atoms with Crippen molar-refractivity contribution in [2.45, 2.75) is 106 Å². The minimum absolute atomic E-state index is 0. The summed E-state index contributed by atoms with van der Waals surface area (Å²) in [5, 5.41) is 9.92. The van der Waals surface area contributed by atoms with Gasteiger partial charge in [-0.3, -0.25) is 9.98 Å². The standard InChI is InChI=1S/C36H52N4.6CH3.Hf.Zr/c1-23(2)31-17-15-18-32(24(3)4)35(31)39-29(11)27(9)37-21-13-14-22-38-28(10)30(12)40-36-33(25(5)6)19-16-20-34(36)26(7)8;;;;;;;;/h15-20,23-26H,11-14,21-22H2,1-10H3;6*1H3;;/q-2;6*-1;2*+4. The van der Waals surface area contributed by atoms with Crippen molar-refractivity contribution in [3.05, 3.63) is 138 Å². The van der Waals surface area contributed by atoms with Crippen molar-refractivity contribution in [2.75, 3.05) is 13.1 Å². The van der Waals surface area contributed by atoms with Crippen molar-refractivity contribution in [3.8, 4) is 0 Å². The Morgan fingerprint density at radius 1 is 0.542 bits per heavy atom. The quantitative estimate of drug-likeness (QED) is 0.0740. The van der Waals surface area contributed by atoms with Gasteiger partial charge in [0.2, 0.25) is 0 Å². The molecule has 0 aliphatic carbocycles. The summed E-state index contributed by atoms with van der Waals surface area (Å²) in [6.45, 7) is 31.7. The first-order chi connectivity index (χ1) is 18.8. The summed E-state index contributed by atoms with van der Waals surface area (Å²) < 4.78 is 0. The topological polar surface area (TPSA) is 52.9 Å². The molecule has 0 atom stereocenters. The molecule has 266 valence electrons. The molecule has 0 aromatic heterocycles. The van der Waals surface area contributed by atoms with Gasteiger partial charge in [-0.05, 0) is 50.4 Å². The van der Waals surface area contributed by atoms with Gasteiger partial charge in [0.15, 0.2) is 0 Å². The van der Waals surface area contributed by atoms with Gasteiger partial charge in [-0.15, -0.1) is 35.9 Å². The third kappa shape index (κ3) is 18.6. The summed E-state index contributed by atoms with van der Waals surface area (Å²) in [6.07, 6.45) is 1.91. The largest absolute Gasteiger partial charge is 4.00 e. The Bertz CT molecular complexity index is 1080. The van der Waals surface area contributed by atoms with Crippen molar-refractivity contribution in [1.82, 2.24) is 0 Å². The van der Waals surface area contributed by atoms with E-state index in [2.05, 4.69) is 105 Å². The maximum Gasteiger partial charge on any atom is 4.00 e. The van der Waals surface area contributed by atoms with Crippen LogP contribution in [0.2, 0.25) is 0 Å². The van der Waals surface area contributed by atoms with Crippen molar-refractivity contribution in [1.29, 1.82) is 0 Å². The summed E-state index contributed by atoms with van der Waals surface area (Å²) in [4.78, 5) is 9.54. The molecule has 6 heteroatoms. The minimum Gasteiger partial charge on any atom is -0.656 e. The van der Waals surface area contributed by atoms with E-state index in [4.69, 9.17) is 20.6 Å². The molecule has 2 aromatic rings. The van der Waals surface area contributed by atoms with Gasteiger partial charge >= 0.3 is 52.0 Å². The SMILES string of the molecule is C=C([N-]c1c(C(C)C)cccc1C(C)C)C(C)=NCCCCN=C(C)C(=C)[N-]c1c(C(C)C)cccc1C(C)C.[CH3-].[CH3-].[CH3-].[CH3-].[CH3-].[CH3-].[Hf+4].[Zr+4]. The summed E-state index contributed by atoms with van der Waals surface area (Å²) >= 11 is 0. The predicted octanol–water partition coefficient (Wildman–Crippen LogP) is 14.3. The number of hydrogen-bond acceptors (Lipinski definition) is 2. The molecule has 0 spiro atoms. The zero-order chi connectivity index (χ0) is 30.0. The Labute approximate surface area is 339 Å². The predicted molar refractivity (Wildman–Crippen MR) is 217 cm³/mol. The molecule has 2 aromatic carbocycles. The molecule has 0 bridgehead atoms. The third-order valence-electron chi connectivity index (χ3n) is 7.28. The van der Waals surface area contributed by atoms with Crippen molar-refractivity contribution >= 4 is 22.8 Å². The van der Waals surface area contributed by atoms with Crippen LogP contribution < -0.4 is 0 Å². The molecule has 0 aliphatic rings. The summed E-state index contributed by atoms with van der Waals surface area (Å²) in [5.74, 6) is 1.60. The molecule has 0 radical (unpaired) electrons. The fourth-order valence-corrected chi connectivity index (χ4v) is 4.61. The van der Waals surface area contributed by atoms with Crippen LogP contribution in [0.5, 0.6) is 0 Å². The Morgan fingerprint density at radius 2 is 0.771 bits per heavy atom. The second-order valence-electron chi connectivity index (χ2n) is 11.9. The number of aliphatic imine (C=N–C) groups is 2. The normalized spacial score (nSPS) is 10.5. The number of hydrogen-bond donors (Lipinski definition) is 0. The number of rotatable bonds is 15. The Hall–Kier alpha value is -1.39. The average molecular weight is 901 g/mol. The van der Waals surface area contributed by atoms with Crippen LogP contribution in [-0.2, 0) is 52.0 Å². The molecule has 0 saturated carbocycles. The summed E-state index contributed by atoms with van der Waals surface area (Å²) in [5.41, 5.74) is 10.4. The Kier molecular flexibility index (Phi) is 39.2. The molecule has 0 heterocycles. The monoisotopic (exact) mass is 900 g/mol. The van der Waals surface area contributed by atoms with E-state index in [1.165, 1.54) is 22.3 Å². The van der Waals surface area contributed by atoms with Crippen LogP contribution in [0.1, 0.15) is 128 Å². The molecule has 0 aliphatic heterocycles. The molecular weight excluding hydrogens is 830 g/mol. The summed E-state index contributed by atoms with van der Waals surface area (Å²) in [7, 11) is 0. The van der Waals surface area contributed by atoms with Gasteiger partial charge < -0.3 is 55.2 Å². The van der Waals surface area contributed by atoms with Gasteiger partial charge in [0.1, 0.15) is 0 Å². The zero-order valence-corrected chi connectivity index (χ0v) is 39.9. The van der Waals surface area contributed by atoms with Gasteiger partial charge in [-0.1, -0.05) is 114 Å². The molecule has 0 saturated heterocycles. The number of para-hydroxylation sites is 2. The second-order valence-corrected chi connectivity index (χ2v) is 11.9. The van der Waals surface area contributed by atoms with Crippen LogP contribution >= 0.6 is 0 Å². The molecule has 48 heavy (non-hydrogen) atoms. The second kappa shape index (κ2) is 30.4. The van der Waals surface area contributed by atoms with Gasteiger partial charge in [-0.2, -0.15) is 0 Å². The molecule has 0 unspecified atom stereocenters. The average Bonchev–Trinajstić information content (AvgIpc) is 2.89. The molecule has 0 fully saturated rings. The van der Waals surface area contributed by atoms with Crippen molar-refractivity contribution < 1.29 is 52.0 Å². The van der Waals surface area contributed by atoms with E-state index in [-0.39, 0.29) is 96.6 Å². The van der Waals surface area contributed by atoms with E-state index in [0.717, 1.165) is 60.1 Å². The first-order valence-corrected chi connectivity index (χ1v) is 14.9. The fourth-order valence-electron chi connectivity index (χ4n) is 4.61. The molecule has 2 rings (SSSR count). The van der Waals surface area contributed by atoms with Crippen LogP contribution in [-0.4, -0.2) is 24.5 Å². The molecule has 0 amide bonds. The van der Waals surface area contributed by atoms with Gasteiger partial charge in [0.05, 0.1) is 0 Å². The summed E-state index contributed by atoms with van der Waals surface area (Å²) in [6, 6.07) is 13.0. The number of nitrogens with zero attached hydrogens (tertiary/aromatic N) is 4. The Morgan fingerprint density at radius 3 is 0.979 bits per heavy atom.